The molecule has 1 fully saturated rings. The Bertz CT molecular complexity index is 388. The van der Waals surface area contributed by atoms with Crippen LogP contribution in [0.5, 0.6) is 0 Å². The van der Waals surface area contributed by atoms with Crippen LogP contribution in [0.3, 0.4) is 0 Å². The molecular formula is C14H20FNOS. The van der Waals surface area contributed by atoms with E-state index in [4.69, 9.17) is 0 Å². The van der Waals surface area contributed by atoms with Crippen molar-refractivity contribution < 1.29 is 9.50 Å². The van der Waals surface area contributed by atoms with Crippen LogP contribution >= 0.6 is 11.8 Å². The van der Waals surface area contributed by atoms with E-state index in [1.54, 1.807) is 17.8 Å². The van der Waals surface area contributed by atoms with Gasteiger partial charge in [0.25, 0.3) is 0 Å². The number of benzene rings is 1. The molecule has 100 valence electrons. The van der Waals surface area contributed by atoms with E-state index in [0.717, 1.165) is 25.3 Å². The normalized spacial score (nSPS) is 24.6. The molecule has 1 aromatic rings. The zero-order valence-corrected chi connectivity index (χ0v) is 11.5. The molecule has 2 rings (SSSR count). The molecule has 2 unspecified atom stereocenters. The third-order valence-corrected chi connectivity index (χ3v) is 4.69. The predicted octanol–water partition coefficient (Wildman–Crippen LogP) is 2.62. The van der Waals surface area contributed by atoms with Gasteiger partial charge in [0.2, 0.25) is 0 Å². The Morgan fingerprint density at radius 3 is 2.94 bits per heavy atom. The summed E-state index contributed by atoms with van der Waals surface area (Å²) in [5.74, 6) is 1.29. The Morgan fingerprint density at radius 1 is 1.44 bits per heavy atom. The molecule has 0 amide bonds. The van der Waals surface area contributed by atoms with Gasteiger partial charge in [-0.25, -0.2) is 4.39 Å². The summed E-state index contributed by atoms with van der Waals surface area (Å²) in [5, 5.41) is 9.36. The first kappa shape index (κ1) is 13.8. The molecule has 1 aromatic carbocycles. The maximum Gasteiger partial charge on any atom is 0.136 e. The number of nitrogens with zero attached hydrogens (tertiary/aromatic N) is 1. The highest BCUT2D eigenvalue weighted by atomic mass is 32.2. The fourth-order valence-corrected chi connectivity index (χ4v) is 3.42. The second-order valence-corrected chi connectivity index (χ2v) is 5.97. The minimum Gasteiger partial charge on any atom is -0.395 e. The largest absolute Gasteiger partial charge is 0.395 e. The van der Waals surface area contributed by atoms with Gasteiger partial charge in [-0.2, -0.15) is 0 Å². The molecule has 0 bridgehead atoms. The second-order valence-electron chi connectivity index (χ2n) is 4.83. The van der Waals surface area contributed by atoms with Crippen molar-refractivity contribution in [2.24, 2.45) is 5.92 Å². The summed E-state index contributed by atoms with van der Waals surface area (Å²) in [6, 6.07) is 7.17. The standard InChI is InChI=1S/C14H20FNOS/c1-11-6-7-16(13(11)10-17)8-9-18-14-5-3-2-4-12(14)15/h2-5,11,13,17H,6-10H2,1H3. The first-order valence-electron chi connectivity index (χ1n) is 6.44. The molecule has 1 N–H and O–H groups in total. The summed E-state index contributed by atoms with van der Waals surface area (Å²) in [5.41, 5.74) is 0. The van der Waals surface area contributed by atoms with Gasteiger partial charge in [-0.1, -0.05) is 19.1 Å². The summed E-state index contributed by atoms with van der Waals surface area (Å²) in [4.78, 5) is 3.03. The molecule has 0 aromatic heterocycles. The molecule has 4 heteroatoms. The van der Waals surface area contributed by atoms with E-state index in [9.17, 15) is 9.50 Å². The maximum absolute atomic E-state index is 13.4. The van der Waals surface area contributed by atoms with E-state index in [1.165, 1.54) is 6.07 Å². The third-order valence-electron chi connectivity index (χ3n) is 3.66. The lowest BCUT2D eigenvalue weighted by Gasteiger charge is -2.24. The van der Waals surface area contributed by atoms with Crippen LogP contribution in [0.4, 0.5) is 4.39 Å². The van der Waals surface area contributed by atoms with Crippen LogP contribution in [0, 0.1) is 11.7 Å². The summed E-state index contributed by atoms with van der Waals surface area (Å²) in [6.07, 6.45) is 1.15. The van der Waals surface area contributed by atoms with Crippen LogP contribution in [0.25, 0.3) is 0 Å². The van der Waals surface area contributed by atoms with Gasteiger partial charge in [0.05, 0.1) is 6.61 Å². The molecule has 0 aliphatic carbocycles. The smallest absolute Gasteiger partial charge is 0.136 e. The second kappa shape index (κ2) is 6.55. The Labute approximate surface area is 112 Å². The van der Waals surface area contributed by atoms with Crippen LogP contribution in [-0.4, -0.2) is 41.5 Å². The minimum absolute atomic E-state index is 0.143. The lowest BCUT2D eigenvalue weighted by atomic mass is 10.0. The fraction of sp³-hybridized carbons (Fsp3) is 0.571. The molecule has 0 saturated carbocycles. The summed E-state index contributed by atoms with van der Waals surface area (Å²) in [6.45, 7) is 4.37. The Morgan fingerprint density at radius 2 is 2.22 bits per heavy atom. The molecule has 0 radical (unpaired) electrons. The highest BCUT2D eigenvalue weighted by Crippen LogP contribution is 2.25. The number of thioether (sulfide) groups is 1. The molecule has 1 saturated heterocycles. The Kier molecular flexibility index (Phi) is 5.03. The lowest BCUT2D eigenvalue weighted by Crippen LogP contribution is -2.36. The van der Waals surface area contributed by atoms with Crippen molar-refractivity contribution in [1.82, 2.24) is 4.90 Å². The van der Waals surface area contributed by atoms with Gasteiger partial charge < -0.3 is 5.11 Å². The van der Waals surface area contributed by atoms with E-state index in [2.05, 4.69) is 11.8 Å². The minimum atomic E-state index is -0.143. The molecular weight excluding hydrogens is 249 g/mol. The van der Waals surface area contributed by atoms with Gasteiger partial charge in [-0.15, -0.1) is 11.8 Å². The van der Waals surface area contributed by atoms with Gasteiger partial charge in [0, 0.05) is 23.2 Å². The maximum atomic E-state index is 13.4. The van der Waals surface area contributed by atoms with E-state index in [1.807, 2.05) is 12.1 Å². The molecule has 1 heterocycles. The average molecular weight is 269 g/mol. The molecule has 1 aliphatic rings. The topological polar surface area (TPSA) is 23.5 Å². The molecule has 1 aliphatic heterocycles. The number of halogens is 1. The summed E-state index contributed by atoms with van der Waals surface area (Å²) in [7, 11) is 0. The van der Waals surface area contributed by atoms with E-state index in [-0.39, 0.29) is 18.5 Å². The zero-order valence-electron chi connectivity index (χ0n) is 10.7. The van der Waals surface area contributed by atoms with Crippen molar-refractivity contribution in [3.8, 4) is 0 Å². The number of likely N-dealkylation sites (tertiary alicyclic amines) is 1. The number of rotatable bonds is 5. The van der Waals surface area contributed by atoms with Crippen LogP contribution in [0.2, 0.25) is 0 Å². The summed E-state index contributed by atoms with van der Waals surface area (Å²) < 4.78 is 13.4. The number of aliphatic hydroxyl groups excluding tert-OH is 1. The SMILES string of the molecule is CC1CCN(CCSc2ccccc2F)C1CO. The van der Waals surface area contributed by atoms with Gasteiger partial charge in [0.15, 0.2) is 0 Å². The van der Waals surface area contributed by atoms with Crippen LogP contribution in [0.15, 0.2) is 29.2 Å². The Hall–Kier alpha value is -0.580. The van der Waals surface area contributed by atoms with Crippen LogP contribution in [-0.2, 0) is 0 Å². The predicted molar refractivity (Wildman–Crippen MR) is 73.4 cm³/mol. The van der Waals surface area contributed by atoms with E-state index < -0.39 is 0 Å². The molecule has 2 nitrogen and oxygen atoms in total. The average Bonchev–Trinajstić information content (AvgIpc) is 2.72. The van der Waals surface area contributed by atoms with Crippen molar-refractivity contribution in [2.45, 2.75) is 24.3 Å². The monoisotopic (exact) mass is 269 g/mol. The van der Waals surface area contributed by atoms with Crippen molar-refractivity contribution in [1.29, 1.82) is 0 Å². The quantitative estimate of drug-likeness (QED) is 0.831. The van der Waals surface area contributed by atoms with E-state index >= 15 is 0 Å². The van der Waals surface area contributed by atoms with Crippen molar-refractivity contribution >= 4 is 11.8 Å². The highest BCUT2D eigenvalue weighted by Gasteiger charge is 2.29. The number of hydrogen-bond donors (Lipinski definition) is 1. The molecule has 18 heavy (non-hydrogen) atoms. The first-order valence-corrected chi connectivity index (χ1v) is 7.43. The summed E-state index contributed by atoms with van der Waals surface area (Å²) >= 11 is 1.55. The van der Waals surface area contributed by atoms with Crippen molar-refractivity contribution in [2.75, 3.05) is 25.4 Å². The third kappa shape index (κ3) is 3.25. The van der Waals surface area contributed by atoms with Gasteiger partial charge in [0.1, 0.15) is 5.82 Å². The number of hydrogen-bond acceptors (Lipinski definition) is 3. The number of aliphatic hydroxyl groups is 1. The highest BCUT2D eigenvalue weighted by molar-refractivity contribution is 7.99. The van der Waals surface area contributed by atoms with Crippen molar-refractivity contribution in [3.05, 3.63) is 30.1 Å². The first-order chi connectivity index (χ1) is 8.72. The zero-order chi connectivity index (χ0) is 13.0. The van der Waals surface area contributed by atoms with Gasteiger partial charge in [-0.05, 0) is 31.0 Å². The fourth-order valence-electron chi connectivity index (χ4n) is 2.50. The molecule has 2 atom stereocenters. The van der Waals surface area contributed by atoms with Gasteiger partial charge >= 0.3 is 0 Å². The van der Waals surface area contributed by atoms with Crippen LogP contribution in [0.1, 0.15) is 13.3 Å². The lowest BCUT2D eigenvalue weighted by molar-refractivity contribution is 0.145. The van der Waals surface area contributed by atoms with E-state index in [0.29, 0.717) is 10.8 Å². The van der Waals surface area contributed by atoms with Crippen LogP contribution < -0.4 is 0 Å². The Balaban J connectivity index is 1.81. The van der Waals surface area contributed by atoms with Crippen molar-refractivity contribution in [3.63, 3.8) is 0 Å². The molecule has 0 spiro atoms. The van der Waals surface area contributed by atoms with Gasteiger partial charge in [-0.3, -0.25) is 4.90 Å².